The van der Waals surface area contributed by atoms with E-state index in [0.29, 0.717) is 12.6 Å². The van der Waals surface area contributed by atoms with Gasteiger partial charge in [-0.25, -0.2) is 4.98 Å². The summed E-state index contributed by atoms with van der Waals surface area (Å²) in [7, 11) is 0. The fourth-order valence-corrected chi connectivity index (χ4v) is 2.72. The number of rotatable bonds is 6. The second-order valence-corrected chi connectivity index (χ2v) is 4.87. The molecule has 4 nitrogen and oxygen atoms in total. The average Bonchev–Trinajstić information content (AvgIpc) is 2.93. The summed E-state index contributed by atoms with van der Waals surface area (Å²) in [6, 6.07) is 0.686. The van der Waals surface area contributed by atoms with E-state index in [1.54, 1.807) is 0 Å². The van der Waals surface area contributed by atoms with Gasteiger partial charge in [-0.1, -0.05) is 0 Å². The average molecular weight is 237 g/mol. The van der Waals surface area contributed by atoms with E-state index in [1.807, 2.05) is 19.3 Å². The lowest BCUT2D eigenvalue weighted by Crippen LogP contribution is -2.32. The maximum atomic E-state index is 8.90. The van der Waals surface area contributed by atoms with Crippen molar-refractivity contribution >= 4 is 0 Å². The molecule has 1 aliphatic rings. The van der Waals surface area contributed by atoms with Crippen molar-refractivity contribution in [2.45, 2.75) is 45.2 Å². The molecule has 1 aromatic heterocycles. The second-order valence-electron chi connectivity index (χ2n) is 4.87. The highest BCUT2D eigenvalue weighted by Crippen LogP contribution is 2.20. The van der Waals surface area contributed by atoms with Crippen molar-refractivity contribution in [3.05, 3.63) is 18.2 Å². The Labute approximate surface area is 103 Å². The largest absolute Gasteiger partial charge is 0.396 e. The molecule has 2 rings (SSSR count). The van der Waals surface area contributed by atoms with Crippen LogP contribution in [0, 0.1) is 6.92 Å². The normalized spacial score (nSPS) is 21.2. The molecule has 0 saturated carbocycles. The minimum Gasteiger partial charge on any atom is -0.396 e. The predicted octanol–water partition coefficient (Wildman–Crippen LogP) is 1.43. The Morgan fingerprint density at radius 3 is 3.06 bits per heavy atom. The molecule has 0 bridgehead atoms. The van der Waals surface area contributed by atoms with E-state index in [4.69, 9.17) is 5.11 Å². The van der Waals surface area contributed by atoms with E-state index >= 15 is 0 Å². The number of hydrogen-bond acceptors (Lipinski definition) is 3. The van der Waals surface area contributed by atoms with Crippen LogP contribution in [-0.2, 0) is 6.54 Å². The molecule has 96 valence electrons. The molecule has 2 heterocycles. The Morgan fingerprint density at radius 2 is 2.35 bits per heavy atom. The summed E-state index contributed by atoms with van der Waals surface area (Å²) in [5.41, 5.74) is 0. The summed E-state index contributed by atoms with van der Waals surface area (Å²) in [6.45, 7) is 5.72. The maximum Gasteiger partial charge on any atom is 0.105 e. The number of nitrogens with zero attached hydrogens (tertiary/aromatic N) is 3. The van der Waals surface area contributed by atoms with E-state index in [9.17, 15) is 0 Å². The van der Waals surface area contributed by atoms with Gasteiger partial charge in [-0.05, 0) is 39.2 Å². The van der Waals surface area contributed by atoms with Crippen LogP contribution < -0.4 is 0 Å². The number of likely N-dealkylation sites (tertiary alicyclic amines) is 1. The summed E-state index contributed by atoms with van der Waals surface area (Å²) in [4.78, 5) is 6.81. The monoisotopic (exact) mass is 237 g/mol. The maximum absolute atomic E-state index is 8.90. The minimum atomic E-state index is 0.324. The Bertz CT molecular complexity index is 337. The number of aryl methyl sites for hydroxylation is 1. The lowest BCUT2D eigenvalue weighted by Gasteiger charge is -2.24. The number of hydrogen-bond donors (Lipinski definition) is 1. The summed E-state index contributed by atoms with van der Waals surface area (Å²) < 4.78 is 2.21. The Hall–Kier alpha value is -0.870. The van der Waals surface area contributed by atoms with Gasteiger partial charge in [0, 0.05) is 38.1 Å². The fraction of sp³-hybridized carbons (Fsp3) is 0.769. The first-order chi connectivity index (χ1) is 8.31. The predicted molar refractivity (Wildman–Crippen MR) is 67.9 cm³/mol. The topological polar surface area (TPSA) is 41.3 Å². The van der Waals surface area contributed by atoms with Crippen molar-refractivity contribution in [3.8, 4) is 0 Å². The third kappa shape index (κ3) is 3.30. The zero-order chi connectivity index (χ0) is 12.1. The Morgan fingerprint density at radius 1 is 1.47 bits per heavy atom. The Kier molecular flexibility index (Phi) is 4.57. The highest BCUT2D eigenvalue weighted by atomic mass is 16.2. The van der Waals surface area contributed by atoms with Gasteiger partial charge in [0.2, 0.25) is 0 Å². The highest BCUT2D eigenvalue weighted by molar-refractivity contribution is 4.89. The van der Waals surface area contributed by atoms with Gasteiger partial charge >= 0.3 is 0 Å². The lowest BCUT2D eigenvalue weighted by molar-refractivity contribution is 0.210. The van der Waals surface area contributed by atoms with Crippen molar-refractivity contribution in [2.75, 3.05) is 19.7 Å². The second kappa shape index (κ2) is 6.17. The molecule has 0 radical (unpaired) electrons. The zero-order valence-corrected chi connectivity index (χ0v) is 10.7. The van der Waals surface area contributed by atoms with Crippen molar-refractivity contribution in [1.82, 2.24) is 14.5 Å². The van der Waals surface area contributed by atoms with Gasteiger partial charge in [0.1, 0.15) is 5.82 Å². The molecular formula is C13H23N3O. The van der Waals surface area contributed by atoms with Crippen LogP contribution in [0.15, 0.2) is 12.4 Å². The van der Waals surface area contributed by atoms with Gasteiger partial charge in [0.05, 0.1) is 0 Å². The van der Waals surface area contributed by atoms with Gasteiger partial charge in [-0.3, -0.25) is 4.90 Å². The van der Waals surface area contributed by atoms with Crippen LogP contribution in [0.2, 0.25) is 0 Å². The third-order valence-corrected chi connectivity index (χ3v) is 3.75. The van der Waals surface area contributed by atoms with E-state index < -0.39 is 0 Å². The molecule has 1 aliphatic heterocycles. The third-order valence-electron chi connectivity index (χ3n) is 3.75. The molecule has 17 heavy (non-hydrogen) atoms. The molecule has 1 saturated heterocycles. The SMILES string of the molecule is Cc1nccn1CCN1CCCC1CCCO. The summed E-state index contributed by atoms with van der Waals surface area (Å²) in [5.74, 6) is 1.09. The van der Waals surface area contributed by atoms with Crippen LogP contribution in [0.3, 0.4) is 0 Å². The number of aliphatic hydroxyl groups excluding tert-OH is 1. The molecule has 0 spiro atoms. The first-order valence-electron chi connectivity index (χ1n) is 6.64. The van der Waals surface area contributed by atoms with E-state index in [1.165, 1.54) is 19.4 Å². The molecule has 1 N–H and O–H groups in total. The lowest BCUT2D eigenvalue weighted by atomic mass is 10.1. The van der Waals surface area contributed by atoms with E-state index in [0.717, 1.165) is 31.8 Å². The number of aromatic nitrogens is 2. The molecule has 1 unspecified atom stereocenters. The number of imidazole rings is 1. The fourth-order valence-electron chi connectivity index (χ4n) is 2.72. The first-order valence-corrected chi connectivity index (χ1v) is 6.64. The van der Waals surface area contributed by atoms with E-state index in [2.05, 4.69) is 14.5 Å². The van der Waals surface area contributed by atoms with Crippen molar-refractivity contribution in [2.24, 2.45) is 0 Å². The highest BCUT2D eigenvalue weighted by Gasteiger charge is 2.23. The Balaban J connectivity index is 1.80. The molecule has 0 aromatic carbocycles. The van der Waals surface area contributed by atoms with Crippen LogP contribution >= 0.6 is 0 Å². The van der Waals surface area contributed by atoms with Crippen LogP contribution in [0.5, 0.6) is 0 Å². The molecule has 1 fully saturated rings. The molecular weight excluding hydrogens is 214 g/mol. The van der Waals surface area contributed by atoms with Crippen molar-refractivity contribution in [1.29, 1.82) is 0 Å². The van der Waals surface area contributed by atoms with Gasteiger partial charge in [-0.15, -0.1) is 0 Å². The minimum absolute atomic E-state index is 0.324. The molecule has 1 aromatic rings. The molecule has 0 aliphatic carbocycles. The van der Waals surface area contributed by atoms with Crippen LogP contribution in [-0.4, -0.2) is 45.3 Å². The number of aliphatic hydroxyl groups is 1. The van der Waals surface area contributed by atoms with Crippen molar-refractivity contribution < 1.29 is 5.11 Å². The first kappa shape index (κ1) is 12.6. The van der Waals surface area contributed by atoms with Gasteiger partial charge in [0.15, 0.2) is 0 Å². The molecule has 0 amide bonds. The summed E-state index contributed by atoms with van der Waals surface area (Å²) >= 11 is 0. The summed E-state index contributed by atoms with van der Waals surface area (Å²) in [5, 5.41) is 8.90. The van der Waals surface area contributed by atoms with Crippen molar-refractivity contribution in [3.63, 3.8) is 0 Å². The summed E-state index contributed by atoms with van der Waals surface area (Å²) in [6.07, 6.45) is 8.59. The van der Waals surface area contributed by atoms with Gasteiger partial charge < -0.3 is 9.67 Å². The van der Waals surface area contributed by atoms with Crippen LogP contribution in [0.25, 0.3) is 0 Å². The van der Waals surface area contributed by atoms with E-state index in [-0.39, 0.29) is 0 Å². The molecule has 1 atom stereocenters. The van der Waals surface area contributed by atoms with Crippen LogP contribution in [0.1, 0.15) is 31.5 Å². The van der Waals surface area contributed by atoms with Gasteiger partial charge in [0.25, 0.3) is 0 Å². The van der Waals surface area contributed by atoms with Gasteiger partial charge in [-0.2, -0.15) is 0 Å². The molecule has 4 heteroatoms. The smallest absolute Gasteiger partial charge is 0.105 e. The van der Waals surface area contributed by atoms with Crippen LogP contribution in [0.4, 0.5) is 0 Å². The quantitative estimate of drug-likeness (QED) is 0.813. The standard InChI is InChI=1S/C13H23N3O/c1-12-14-6-8-15(12)9-10-16-7-2-4-13(16)5-3-11-17/h6,8,13,17H,2-5,7,9-11H2,1H3. The zero-order valence-electron chi connectivity index (χ0n) is 10.7.